The predicted octanol–water partition coefficient (Wildman–Crippen LogP) is 1.89. The molecule has 3 nitrogen and oxygen atoms in total. The van der Waals surface area contributed by atoms with Crippen LogP contribution in [0.5, 0.6) is 0 Å². The molecule has 98 valence electrons. The van der Waals surface area contributed by atoms with Gasteiger partial charge in [-0.25, -0.2) is 4.39 Å². The number of halogens is 1. The molecule has 0 aromatic heterocycles. The van der Waals surface area contributed by atoms with E-state index < -0.39 is 0 Å². The molecule has 0 aliphatic carbocycles. The van der Waals surface area contributed by atoms with Gasteiger partial charge < -0.3 is 10.6 Å². The summed E-state index contributed by atoms with van der Waals surface area (Å²) in [7, 11) is 0. The maximum absolute atomic E-state index is 13.0. The third-order valence-corrected chi connectivity index (χ3v) is 2.57. The van der Waals surface area contributed by atoms with Crippen LogP contribution in [0, 0.1) is 5.82 Å². The van der Waals surface area contributed by atoms with Gasteiger partial charge in [-0.3, -0.25) is 4.79 Å². The number of hydrogen-bond acceptors (Lipinski definition) is 2. The molecule has 0 saturated carbocycles. The van der Waals surface area contributed by atoms with Crippen LogP contribution in [0.3, 0.4) is 0 Å². The van der Waals surface area contributed by atoms with Crippen LogP contribution in [0.2, 0.25) is 0 Å². The lowest BCUT2D eigenvalue weighted by Crippen LogP contribution is -2.39. The van der Waals surface area contributed by atoms with Gasteiger partial charge in [-0.1, -0.05) is 31.3 Å². The molecule has 5 heteroatoms. The van der Waals surface area contributed by atoms with Crippen LogP contribution < -0.4 is 5.73 Å². The van der Waals surface area contributed by atoms with Gasteiger partial charge in [-0.15, -0.1) is 0 Å². The third kappa shape index (κ3) is 4.79. The van der Waals surface area contributed by atoms with Crippen molar-refractivity contribution >= 4 is 23.1 Å². The molecule has 1 aromatic rings. The fourth-order valence-corrected chi connectivity index (χ4v) is 1.84. The second-order valence-electron chi connectivity index (χ2n) is 4.09. The number of carbonyl (C=O) groups excluding carboxylic acids is 1. The van der Waals surface area contributed by atoms with Crippen LogP contribution >= 0.6 is 12.2 Å². The summed E-state index contributed by atoms with van der Waals surface area (Å²) in [6, 6.07) is 6.04. The topological polar surface area (TPSA) is 46.3 Å². The standard InChI is InChI=1S/C13H17FN2OS/c1-2-6-16(9-12(15)18)13(17)8-10-4-3-5-11(14)7-10/h3-5,7H,2,6,8-9H2,1H3,(H2,15,18). The molecule has 1 amide bonds. The predicted molar refractivity (Wildman–Crippen MR) is 73.8 cm³/mol. The summed E-state index contributed by atoms with van der Waals surface area (Å²) in [4.78, 5) is 13.9. The zero-order valence-electron chi connectivity index (χ0n) is 10.4. The summed E-state index contributed by atoms with van der Waals surface area (Å²) in [6.07, 6.45) is 0.998. The Hall–Kier alpha value is -1.49. The first-order chi connectivity index (χ1) is 8.52. The van der Waals surface area contributed by atoms with Crippen molar-refractivity contribution in [2.24, 2.45) is 5.73 Å². The summed E-state index contributed by atoms with van der Waals surface area (Å²) in [5, 5.41) is 0. The molecule has 2 N–H and O–H groups in total. The molecule has 0 heterocycles. The second kappa shape index (κ2) is 7.06. The normalized spacial score (nSPS) is 10.1. The summed E-state index contributed by atoms with van der Waals surface area (Å²) in [5.41, 5.74) is 6.11. The van der Waals surface area contributed by atoms with Crippen LogP contribution in [-0.4, -0.2) is 28.9 Å². The van der Waals surface area contributed by atoms with Crippen molar-refractivity contribution in [3.05, 3.63) is 35.6 Å². The minimum Gasteiger partial charge on any atom is -0.392 e. The molecule has 0 atom stereocenters. The number of nitrogens with zero attached hydrogens (tertiary/aromatic N) is 1. The van der Waals surface area contributed by atoms with E-state index in [0.29, 0.717) is 12.1 Å². The van der Waals surface area contributed by atoms with E-state index in [1.54, 1.807) is 17.0 Å². The average Bonchev–Trinajstić information content (AvgIpc) is 2.27. The van der Waals surface area contributed by atoms with Gasteiger partial charge in [0, 0.05) is 6.54 Å². The van der Waals surface area contributed by atoms with Gasteiger partial charge >= 0.3 is 0 Å². The monoisotopic (exact) mass is 268 g/mol. The van der Waals surface area contributed by atoms with Gasteiger partial charge in [0.15, 0.2) is 0 Å². The highest BCUT2D eigenvalue weighted by molar-refractivity contribution is 7.80. The molecule has 0 spiro atoms. The van der Waals surface area contributed by atoms with Gasteiger partial charge in [0.2, 0.25) is 5.91 Å². The van der Waals surface area contributed by atoms with Gasteiger partial charge in [0.25, 0.3) is 0 Å². The van der Waals surface area contributed by atoms with E-state index in [1.807, 2.05) is 6.92 Å². The highest BCUT2D eigenvalue weighted by Crippen LogP contribution is 2.06. The van der Waals surface area contributed by atoms with Crippen molar-refractivity contribution in [2.75, 3.05) is 13.1 Å². The Morgan fingerprint density at radius 2 is 2.22 bits per heavy atom. The van der Waals surface area contributed by atoms with Crippen molar-refractivity contribution in [2.45, 2.75) is 19.8 Å². The Labute approximate surface area is 112 Å². The number of thiocarbonyl (C=S) groups is 1. The zero-order valence-corrected chi connectivity index (χ0v) is 11.2. The van der Waals surface area contributed by atoms with Crippen molar-refractivity contribution in [1.29, 1.82) is 0 Å². The molecule has 18 heavy (non-hydrogen) atoms. The molecule has 1 aromatic carbocycles. The molecule has 0 unspecified atom stereocenters. The minimum atomic E-state index is -0.336. The molecule has 0 radical (unpaired) electrons. The van der Waals surface area contributed by atoms with E-state index in [0.717, 1.165) is 6.42 Å². The van der Waals surface area contributed by atoms with Crippen LogP contribution in [0.4, 0.5) is 4.39 Å². The van der Waals surface area contributed by atoms with E-state index in [9.17, 15) is 9.18 Å². The van der Waals surface area contributed by atoms with E-state index in [1.165, 1.54) is 12.1 Å². The van der Waals surface area contributed by atoms with Crippen LogP contribution in [0.1, 0.15) is 18.9 Å². The lowest BCUT2D eigenvalue weighted by molar-refractivity contribution is -0.129. The fraction of sp³-hybridized carbons (Fsp3) is 0.385. The Kier molecular flexibility index (Phi) is 5.71. The minimum absolute atomic E-state index is 0.0877. The average molecular weight is 268 g/mol. The van der Waals surface area contributed by atoms with E-state index in [4.69, 9.17) is 18.0 Å². The van der Waals surface area contributed by atoms with Crippen molar-refractivity contribution in [3.63, 3.8) is 0 Å². The maximum Gasteiger partial charge on any atom is 0.227 e. The molecular formula is C13H17FN2OS. The first-order valence-corrected chi connectivity index (χ1v) is 6.24. The number of carbonyl (C=O) groups is 1. The van der Waals surface area contributed by atoms with Gasteiger partial charge in [0.1, 0.15) is 5.82 Å². The molecule has 1 rings (SSSR count). The smallest absolute Gasteiger partial charge is 0.227 e. The third-order valence-electron chi connectivity index (χ3n) is 2.44. The first kappa shape index (κ1) is 14.6. The Morgan fingerprint density at radius 3 is 2.78 bits per heavy atom. The number of benzene rings is 1. The summed E-state index contributed by atoms with van der Waals surface area (Å²) < 4.78 is 13.0. The van der Waals surface area contributed by atoms with Crippen molar-refractivity contribution in [1.82, 2.24) is 4.90 Å². The second-order valence-corrected chi connectivity index (χ2v) is 4.61. The molecule has 0 aliphatic heterocycles. The van der Waals surface area contributed by atoms with Crippen molar-refractivity contribution in [3.8, 4) is 0 Å². The Bertz CT molecular complexity index is 437. The van der Waals surface area contributed by atoms with Gasteiger partial charge in [-0.05, 0) is 24.1 Å². The summed E-state index contributed by atoms with van der Waals surface area (Å²) in [5.74, 6) is -0.424. The molecule has 0 bridgehead atoms. The Balaban J connectivity index is 2.69. The first-order valence-electron chi connectivity index (χ1n) is 5.83. The summed E-state index contributed by atoms with van der Waals surface area (Å²) >= 11 is 4.81. The molecule has 0 fully saturated rings. The summed E-state index contributed by atoms with van der Waals surface area (Å²) in [6.45, 7) is 2.85. The fourth-order valence-electron chi connectivity index (χ4n) is 1.68. The lowest BCUT2D eigenvalue weighted by Gasteiger charge is -2.21. The number of amides is 1. The number of nitrogens with two attached hydrogens (primary N) is 1. The quantitative estimate of drug-likeness (QED) is 0.801. The van der Waals surface area contributed by atoms with Crippen molar-refractivity contribution < 1.29 is 9.18 Å². The maximum atomic E-state index is 13.0. The molecule has 0 aliphatic rings. The molecule has 0 saturated heterocycles. The highest BCUT2D eigenvalue weighted by atomic mass is 32.1. The SMILES string of the molecule is CCCN(CC(N)=S)C(=O)Cc1cccc(F)c1. The van der Waals surface area contributed by atoms with E-state index in [2.05, 4.69) is 0 Å². The van der Waals surface area contributed by atoms with Gasteiger partial charge in [0.05, 0.1) is 18.0 Å². The van der Waals surface area contributed by atoms with Gasteiger partial charge in [-0.2, -0.15) is 0 Å². The number of rotatable bonds is 6. The largest absolute Gasteiger partial charge is 0.392 e. The Morgan fingerprint density at radius 1 is 1.50 bits per heavy atom. The lowest BCUT2D eigenvalue weighted by atomic mass is 10.1. The van der Waals surface area contributed by atoms with Crippen LogP contribution in [0.15, 0.2) is 24.3 Å². The van der Waals surface area contributed by atoms with Crippen LogP contribution in [-0.2, 0) is 11.2 Å². The molecular weight excluding hydrogens is 251 g/mol. The van der Waals surface area contributed by atoms with Crippen LogP contribution in [0.25, 0.3) is 0 Å². The number of hydrogen-bond donors (Lipinski definition) is 1. The highest BCUT2D eigenvalue weighted by Gasteiger charge is 2.14. The van der Waals surface area contributed by atoms with E-state index in [-0.39, 0.29) is 29.7 Å². The van der Waals surface area contributed by atoms with E-state index >= 15 is 0 Å². The zero-order chi connectivity index (χ0) is 13.5.